The van der Waals surface area contributed by atoms with Crippen LogP contribution < -0.4 is 5.32 Å². The van der Waals surface area contributed by atoms with Crippen LogP contribution in [-0.2, 0) is 9.47 Å². The second kappa shape index (κ2) is 15.9. The summed E-state index contributed by atoms with van der Waals surface area (Å²) in [5.74, 6) is 0. The average molecular weight is 273 g/mol. The van der Waals surface area contributed by atoms with Crippen molar-refractivity contribution in [3.05, 3.63) is 0 Å². The standard InChI is InChI=1S/C16H35NO2/c1-4-5-6-7-8-9-10-11-12-16(17-2)15-19-14-13-18-3/h16-17H,4-15H2,1-3H3. The Morgan fingerprint density at radius 1 is 0.895 bits per heavy atom. The van der Waals surface area contributed by atoms with Crippen molar-refractivity contribution >= 4 is 0 Å². The van der Waals surface area contributed by atoms with Gasteiger partial charge in [0.15, 0.2) is 0 Å². The van der Waals surface area contributed by atoms with Gasteiger partial charge in [-0.2, -0.15) is 0 Å². The van der Waals surface area contributed by atoms with Crippen molar-refractivity contribution in [2.75, 3.05) is 34.0 Å². The third kappa shape index (κ3) is 14.1. The molecule has 0 heterocycles. The summed E-state index contributed by atoms with van der Waals surface area (Å²) < 4.78 is 10.5. The van der Waals surface area contributed by atoms with Crippen molar-refractivity contribution in [2.24, 2.45) is 0 Å². The molecule has 19 heavy (non-hydrogen) atoms. The van der Waals surface area contributed by atoms with Gasteiger partial charge >= 0.3 is 0 Å². The average Bonchev–Trinajstić information content (AvgIpc) is 2.44. The van der Waals surface area contributed by atoms with Gasteiger partial charge in [-0.25, -0.2) is 0 Å². The van der Waals surface area contributed by atoms with Crippen LogP contribution in [0.4, 0.5) is 0 Å². The molecule has 0 spiro atoms. The van der Waals surface area contributed by atoms with E-state index in [1.165, 1.54) is 57.8 Å². The molecule has 0 saturated carbocycles. The van der Waals surface area contributed by atoms with Gasteiger partial charge in [0.25, 0.3) is 0 Å². The molecule has 1 unspecified atom stereocenters. The summed E-state index contributed by atoms with van der Waals surface area (Å²) >= 11 is 0. The SMILES string of the molecule is CCCCCCCCCCC(COCCOC)NC. The maximum atomic E-state index is 5.56. The molecule has 0 aromatic carbocycles. The van der Waals surface area contributed by atoms with E-state index in [-0.39, 0.29) is 0 Å². The highest BCUT2D eigenvalue weighted by Crippen LogP contribution is 2.10. The van der Waals surface area contributed by atoms with Gasteiger partial charge in [-0.05, 0) is 13.5 Å². The molecule has 0 rings (SSSR count). The molecule has 1 N–H and O–H groups in total. The Morgan fingerprint density at radius 3 is 2.11 bits per heavy atom. The van der Waals surface area contributed by atoms with E-state index in [0.29, 0.717) is 19.3 Å². The van der Waals surface area contributed by atoms with E-state index in [0.717, 1.165) is 6.61 Å². The molecule has 0 saturated heterocycles. The molecule has 0 aromatic heterocycles. The third-order valence-corrected chi connectivity index (χ3v) is 3.57. The topological polar surface area (TPSA) is 30.5 Å². The van der Waals surface area contributed by atoms with Gasteiger partial charge in [0, 0.05) is 13.2 Å². The summed E-state index contributed by atoms with van der Waals surface area (Å²) in [6.45, 7) is 4.46. The van der Waals surface area contributed by atoms with E-state index < -0.39 is 0 Å². The second-order valence-corrected chi connectivity index (χ2v) is 5.32. The van der Waals surface area contributed by atoms with E-state index in [4.69, 9.17) is 9.47 Å². The lowest BCUT2D eigenvalue weighted by Crippen LogP contribution is -2.30. The fourth-order valence-corrected chi connectivity index (χ4v) is 2.20. The fourth-order valence-electron chi connectivity index (χ4n) is 2.20. The minimum Gasteiger partial charge on any atom is -0.382 e. The number of likely N-dealkylation sites (N-methyl/N-ethyl adjacent to an activating group) is 1. The van der Waals surface area contributed by atoms with Crippen LogP contribution in [0.5, 0.6) is 0 Å². The predicted molar refractivity (Wildman–Crippen MR) is 82.8 cm³/mol. The van der Waals surface area contributed by atoms with Gasteiger partial charge in [-0.15, -0.1) is 0 Å². The number of nitrogens with one attached hydrogen (secondary N) is 1. The Labute approximate surface area is 120 Å². The summed E-state index contributed by atoms with van der Waals surface area (Å²) in [6, 6.07) is 0.497. The van der Waals surface area contributed by atoms with E-state index in [9.17, 15) is 0 Å². The Morgan fingerprint density at radius 2 is 1.53 bits per heavy atom. The molecule has 0 bridgehead atoms. The summed E-state index contributed by atoms with van der Waals surface area (Å²) in [6.07, 6.45) is 12.3. The molecule has 0 amide bonds. The first-order chi connectivity index (χ1) is 9.35. The van der Waals surface area contributed by atoms with Crippen LogP contribution in [0.15, 0.2) is 0 Å². The van der Waals surface area contributed by atoms with Crippen molar-refractivity contribution in [2.45, 2.75) is 70.8 Å². The molecule has 0 aromatic rings. The molecule has 116 valence electrons. The summed E-state index contributed by atoms with van der Waals surface area (Å²) in [4.78, 5) is 0. The Bertz CT molecular complexity index is 165. The summed E-state index contributed by atoms with van der Waals surface area (Å²) in [5.41, 5.74) is 0. The van der Waals surface area contributed by atoms with E-state index >= 15 is 0 Å². The molecule has 3 heteroatoms. The van der Waals surface area contributed by atoms with Gasteiger partial charge < -0.3 is 14.8 Å². The van der Waals surface area contributed by atoms with E-state index in [2.05, 4.69) is 12.2 Å². The van der Waals surface area contributed by atoms with Crippen molar-refractivity contribution in [1.29, 1.82) is 0 Å². The van der Waals surface area contributed by atoms with Crippen molar-refractivity contribution in [3.63, 3.8) is 0 Å². The van der Waals surface area contributed by atoms with Crippen LogP contribution in [0, 0.1) is 0 Å². The Kier molecular flexibility index (Phi) is 15.8. The number of methoxy groups -OCH3 is 1. The number of rotatable bonds is 15. The van der Waals surface area contributed by atoms with E-state index in [1.807, 2.05) is 7.05 Å². The van der Waals surface area contributed by atoms with Gasteiger partial charge in [-0.3, -0.25) is 0 Å². The molecule has 1 atom stereocenters. The van der Waals surface area contributed by atoms with Crippen LogP contribution >= 0.6 is 0 Å². The molecular weight excluding hydrogens is 238 g/mol. The number of ether oxygens (including phenoxy) is 2. The highest BCUT2D eigenvalue weighted by atomic mass is 16.5. The van der Waals surface area contributed by atoms with Crippen LogP contribution in [-0.4, -0.2) is 40.0 Å². The normalized spacial score (nSPS) is 12.8. The number of hydrogen-bond acceptors (Lipinski definition) is 3. The first-order valence-corrected chi connectivity index (χ1v) is 8.09. The molecule has 0 aliphatic heterocycles. The van der Waals surface area contributed by atoms with Crippen LogP contribution in [0.3, 0.4) is 0 Å². The minimum absolute atomic E-state index is 0.497. The molecule has 0 radical (unpaired) electrons. The fraction of sp³-hybridized carbons (Fsp3) is 1.00. The largest absolute Gasteiger partial charge is 0.382 e. The third-order valence-electron chi connectivity index (χ3n) is 3.57. The Hall–Kier alpha value is -0.120. The molecule has 0 fully saturated rings. The number of unbranched alkanes of at least 4 members (excludes halogenated alkanes) is 7. The predicted octanol–water partition coefficient (Wildman–Crippen LogP) is 3.77. The zero-order chi connectivity index (χ0) is 14.2. The summed E-state index contributed by atoms with van der Waals surface area (Å²) in [7, 11) is 3.73. The van der Waals surface area contributed by atoms with Crippen LogP contribution in [0.25, 0.3) is 0 Å². The zero-order valence-electron chi connectivity index (χ0n) is 13.4. The molecule has 3 nitrogen and oxygen atoms in total. The molecule has 0 aliphatic rings. The van der Waals surface area contributed by atoms with Gasteiger partial charge in [-0.1, -0.05) is 58.3 Å². The lowest BCUT2D eigenvalue weighted by Gasteiger charge is -2.16. The van der Waals surface area contributed by atoms with Gasteiger partial charge in [0.1, 0.15) is 0 Å². The monoisotopic (exact) mass is 273 g/mol. The maximum Gasteiger partial charge on any atom is 0.0701 e. The smallest absolute Gasteiger partial charge is 0.0701 e. The second-order valence-electron chi connectivity index (χ2n) is 5.32. The van der Waals surface area contributed by atoms with Crippen LogP contribution in [0.1, 0.15) is 64.7 Å². The number of hydrogen-bond donors (Lipinski definition) is 1. The lowest BCUT2D eigenvalue weighted by atomic mass is 10.0. The minimum atomic E-state index is 0.497. The zero-order valence-corrected chi connectivity index (χ0v) is 13.4. The highest BCUT2D eigenvalue weighted by Gasteiger charge is 2.05. The first kappa shape index (κ1) is 18.9. The van der Waals surface area contributed by atoms with E-state index in [1.54, 1.807) is 7.11 Å². The first-order valence-electron chi connectivity index (χ1n) is 8.09. The molecular formula is C16H35NO2. The highest BCUT2D eigenvalue weighted by molar-refractivity contribution is 4.63. The van der Waals surface area contributed by atoms with Crippen LogP contribution in [0.2, 0.25) is 0 Å². The lowest BCUT2D eigenvalue weighted by molar-refractivity contribution is 0.0582. The molecule has 0 aliphatic carbocycles. The Balaban J connectivity index is 3.26. The van der Waals surface area contributed by atoms with Crippen molar-refractivity contribution < 1.29 is 9.47 Å². The summed E-state index contributed by atoms with van der Waals surface area (Å²) in [5, 5.41) is 3.33. The van der Waals surface area contributed by atoms with Crippen molar-refractivity contribution in [1.82, 2.24) is 5.32 Å². The van der Waals surface area contributed by atoms with Gasteiger partial charge in [0.05, 0.1) is 19.8 Å². The maximum absolute atomic E-state index is 5.56. The van der Waals surface area contributed by atoms with Gasteiger partial charge in [0.2, 0.25) is 0 Å². The quantitative estimate of drug-likeness (QED) is 0.461. The van der Waals surface area contributed by atoms with Crippen molar-refractivity contribution in [3.8, 4) is 0 Å².